The third kappa shape index (κ3) is 2.03. The summed E-state index contributed by atoms with van der Waals surface area (Å²) in [5, 5.41) is 9.25. The molecule has 0 aromatic heterocycles. The molecule has 2 rings (SSSR count). The molecule has 0 unspecified atom stereocenters. The van der Waals surface area contributed by atoms with Gasteiger partial charge in [0.05, 0.1) is 6.20 Å². The number of aliphatic imine (C=N–C) groups is 1. The van der Waals surface area contributed by atoms with Crippen LogP contribution in [-0.4, -0.2) is 33.1 Å². The molecule has 2 heterocycles. The summed E-state index contributed by atoms with van der Waals surface area (Å²) in [5.74, 6) is -1.59. The van der Waals surface area contributed by atoms with E-state index in [1.54, 1.807) is 0 Å². The van der Waals surface area contributed by atoms with E-state index in [0.29, 0.717) is 6.20 Å². The highest BCUT2D eigenvalue weighted by Gasteiger charge is 2.42. The summed E-state index contributed by atoms with van der Waals surface area (Å²) in [5.41, 5.74) is 1.51. The van der Waals surface area contributed by atoms with Crippen molar-refractivity contribution in [2.45, 2.75) is 6.30 Å². The van der Waals surface area contributed by atoms with E-state index < -0.39 is 18.0 Å². The van der Waals surface area contributed by atoms with Gasteiger partial charge < -0.3 is 5.11 Å². The Bertz CT molecular complexity index is 470. The van der Waals surface area contributed by atoms with Gasteiger partial charge in [-0.1, -0.05) is 12.6 Å². The quantitative estimate of drug-likeness (QED) is 0.690. The molecule has 2 aliphatic rings. The number of hydrogen-bond acceptors (Lipinski definition) is 5. The van der Waals surface area contributed by atoms with Crippen LogP contribution in [0.5, 0.6) is 0 Å². The summed E-state index contributed by atoms with van der Waals surface area (Å²) in [6.45, 7) is 0. The zero-order chi connectivity index (χ0) is 12.8. The Kier molecular flexibility index (Phi) is 2.47. The van der Waals surface area contributed by atoms with E-state index in [-0.39, 0.29) is 15.9 Å². The first-order valence-electron chi connectivity index (χ1n) is 4.14. The highest BCUT2D eigenvalue weighted by molar-refractivity contribution is 7.84. The molecule has 0 bridgehead atoms. The van der Waals surface area contributed by atoms with Gasteiger partial charge in [-0.15, -0.1) is 18.7 Å². The van der Waals surface area contributed by atoms with E-state index in [9.17, 15) is 18.0 Å². The molecule has 0 aromatic carbocycles. The lowest BCUT2D eigenvalue weighted by molar-refractivity contribution is -0.250. The van der Waals surface area contributed by atoms with Crippen LogP contribution in [0.15, 0.2) is 28.1 Å². The average Bonchev–Trinajstić information content (AvgIpc) is 2.60. The van der Waals surface area contributed by atoms with Crippen LogP contribution >= 0.6 is 12.6 Å². The molecule has 2 N–H and O–H groups in total. The maximum atomic E-state index is 12.4. The van der Waals surface area contributed by atoms with Gasteiger partial charge in [0, 0.05) is 6.08 Å². The van der Waals surface area contributed by atoms with Gasteiger partial charge in [0.2, 0.25) is 0 Å². The number of aliphatic carboxylic acids is 1. The van der Waals surface area contributed by atoms with Crippen molar-refractivity contribution in [1.29, 1.82) is 0 Å². The normalized spacial score (nSPS) is 19.6. The molecule has 0 atom stereocenters. The van der Waals surface area contributed by atoms with Crippen LogP contribution < -0.4 is 5.53 Å². The number of nitrogens with one attached hydrogen (secondary N) is 1. The number of hydrogen-bond donors (Lipinski definition) is 2. The van der Waals surface area contributed by atoms with E-state index in [1.165, 1.54) is 0 Å². The van der Waals surface area contributed by atoms with E-state index in [2.05, 4.69) is 4.99 Å². The molecule has 1 radical (unpaired) electrons. The number of nitrogens with zero attached hydrogens (tertiary/aromatic N) is 3. The minimum Gasteiger partial charge on any atom is -0.477 e. The standard InChI is InChI=1S/C7H4F3N4O2S/c8-7(9,10)13-2-4-11-3(6(15)16)1-5(17)14(4)12-13/h1-2,12H,(H,15,16). The Morgan fingerprint density at radius 3 is 2.71 bits per heavy atom. The summed E-state index contributed by atoms with van der Waals surface area (Å²) in [6.07, 6.45) is -3.05. The van der Waals surface area contributed by atoms with Gasteiger partial charge in [-0.2, -0.15) is 0 Å². The number of rotatable bonds is 1. The molecule has 10 heteroatoms. The second-order valence-corrected chi connectivity index (χ2v) is 3.46. The number of carboxylic acid groups (broad SMARTS) is 1. The first-order chi connectivity index (χ1) is 7.79. The van der Waals surface area contributed by atoms with Gasteiger partial charge in [0.15, 0.2) is 11.5 Å². The Balaban J connectivity index is 2.34. The van der Waals surface area contributed by atoms with E-state index in [0.717, 1.165) is 11.1 Å². The van der Waals surface area contributed by atoms with Gasteiger partial charge in [-0.3, -0.25) is 0 Å². The average molecular weight is 265 g/mol. The van der Waals surface area contributed by atoms with Crippen LogP contribution in [0.2, 0.25) is 0 Å². The lowest BCUT2D eigenvalue weighted by Gasteiger charge is -2.25. The van der Waals surface area contributed by atoms with Crippen LogP contribution in [0.3, 0.4) is 0 Å². The van der Waals surface area contributed by atoms with Crippen molar-refractivity contribution >= 4 is 24.3 Å². The fourth-order valence-electron chi connectivity index (χ4n) is 1.18. The van der Waals surface area contributed by atoms with Crippen LogP contribution in [0, 0.1) is 0 Å². The molecule has 0 aromatic rings. The SMILES string of the molecule is O=C(O)C1=NC2=CN(C(F)(F)F)NN2C([S])=C1. The van der Waals surface area contributed by atoms with Gasteiger partial charge in [-0.25, -0.2) is 19.8 Å². The Hall–Kier alpha value is -1.81. The Morgan fingerprint density at radius 2 is 2.18 bits per heavy atom. The molecule has 91 valence electrons. The number of hydrazine groups is 2. The number of alkyl halides is 3. The van der Waals surface area contributed by atoms with Crippen molar-refractivity contribution in [3.8, 4) is 0 Å². The van der Waals surface area contributed by atoms with Crippen LogP contribution in [0.1, 0.15) is 0 Å². The number of fused-ring (bicyclic) bond motifs is 1. The van der Waals surface area contributed by atoms with Gasteiger partial charge in [-0.05, 0) is 0 Å². The van der Waals surface area contributed by atoms with Crippen LogP contribution in [-0.2, 0) is 4.79 Å². The van der Waals surface area contributed by atoms with Crippen LogP contribution in [0.25, 0.3) is 0 Å². The molecule has 17 heavy (non-hydrogen) atoms. The number of carbonyl (C=O) groups is 1. The zero-order valence-corrected chi connectivity index (χ0v) is 8.71. The van der Waals surface area contributed by atoms with E-state index >= 15 is 0 Å². The highest BCUT2D eigenvalue weighted by Crippen LogP contribution is 2.30. The monoisotopic (exact) mass is 265 g/mol. The van der Waals surface area contributed by atoms with Gasteiger partial charge in [0.1, 0.15) is 5.03 Å². The van der Waals surface area contributed by atoms with Crippen molar-refractivity contribution in [2.24, 2.45) is 4.99 Å². The Labute approximate surface area is 98.1 Å². The highest BCUT2D eigenvalue weighted by atomic mass is 32.1. The van der Waals surface area contributed by atoms with Crippen molar-refractivity contribution in [1.82, 2.24) is 15.6 Å². The minimum atomic E-state index is -4.65. The fraction of sp³-hybridized carbons (Fsp3) is 0.143. The summed E-state index contributed by atoms with van der Waals surface area (Å²) in [6, 6.07) is 0. The van der Waals surface area contributed by atoms with Crippen molar-refractivity contribution < 1.29 is 23.1 Å². The molecule has 6 nitrogen and oxygen atoms in total. The van der Waals surface area contributed by atoms with Crippen LogP contribution in [0.4, 0.5) is 13.2 Å². The van der Waals surface area contributed by atoms with E-state index in [1.807, 2.05) is 5.53 Å². The fourth-order valence-corrected chi connectivity index (χ4v) is 1.42. The summed E-state index contributed by atoms with van der Waals surface area (Å²) in [4.78, 5) is 14.2. The molecule has 0 amide bonds. The lowest BCUT2D eigenvalue weighted by atomic mass is 10.3. The summed E-state index contributed by atoms with van der Waals surface area (Å²) >= 11 is 4.74. The topological polar surface area (TPSA) is 68.2 Å². The smallest absolute Gasteiger partial charge is 0.477 e. The first-order valence-corrected chi connectivity index (χ1v) is 4.55. The molecule has 2 aliphatic heterocycles. The molecular formula is C7H4F3N4O2S. The second kappa shape index (κ2) is 3.60. The predicted octanol–water partition coefficient (Wildman–Crippen LogP) is 0.920. The third-order valence-electron chi connectivity index (χ3n) is 1.89. The largest absolute Gasteiger partial charge is 0.500 e. The minimum absolute atomic E-state index is 0.115. The molecular weight excluding hydrogens is 261 g/mol. The van der Waals surface area contributed by atoms with Gasteiger partial charge in [0.25, 0.3) is 0 Å². The van der Waals surface area contributed by atoms with Crippen molar-refractivity contribution in [3.05, 3.63) is 23.1 Å². The summed E-state index contributed by atoms with van der Waals surface area (Å²) in [7, 11) is 0. The maximum Gasteiger partial charge on any atom is 0.500 e. The maximum absolute atomic E-state index is 12.4. The van der Waals surface area contributed by atoms with Crippen molar-refractivity contribution in [2.75, 3.05) is 0 Å². The second-order valence-electron chi connectivity index (χ2n) is 3.05. The summed E-state index contributed by atoms with van der Waals surface area (Å²) < 4.78 is 37.1. The molecule has 0 saturated heterocycles. The first kappa shape index (κ1) is 11.7. The van der Waals surface area contributed by atoms with Crippen molar-refractivity contribution in [3.63, 3.8) is 0 Å². The predicted molar refractivity (Wildman–Crippen MR) is 51.7 cm³/mol. The molecule has 0 saturated carbocycles. The molecule has 0 fully saturated rings. The van der Waals surface area contributed by atoms with E-state index in [4.69, 9.17) is 17.7 Å². The Morgan fingerprint density at radius 1 is 1.53 bits per heavy atom. The van der Waals surface area contributed by atoms with Gasteiger partial charge >= 0.3 is 12.3 Å². The molecule has 0 aliphatic carbocycles. The molecule has 0 spiro atoms. The number of halogens is 3. The zero-order valence-electron chi connectivity index (χ0n) is 7.89. The third-order valence-corrected chi connectivity index (χ3v) is 2.19. The number of carboxylic acids is 1. The lowest BCUT2D eigenvalue weighted by Crippen LogP contribution is -2.46.